The molecule has 82 valence electrons. The highest BCUT2D eigenvalue weighted by Gasteiger charge is 2.20. The number of piperidine rings is 1. The van der Waals surface area contributed by atoms with Crippen LogP contribution < -0.4 is 5.32 Å². The first-order valence-corrected chi connectivity index (χ1v) is 5.47. The van der Waals surface area contributed by atoms with Crippen LogP contribution in [0.4, 0.5) is 4.39 Å². The van der Waals surface area contributed by atoms with Crippen molar-refractivity contribution in [1.29, 1.82) is 0 Å². The number of benzene rings is 1. The standard InChI is InChI=1S/C11H13ClFNO/c12-9-6-7(13)5-8(11(9)15)10-3-1-2-4-14-10/h5-6,10,14-15H,1-4H2/t10-/m0/s1. The fourth-order valence-corrected chi connectivity index (χ4v) is 2.18. The maximum Gasteiger partial charge on any atom is 0.139 e. The van der Waals surface area contributed by atoms with Crippen LogP contribution in [0.5, 0.6) is 5.75 Å². The molecule has 1 aliphatic rings. The summed E-state index contributed by atoms with van der Waals surface area (Å²) >= 11 is 5.72. The summed E-state index contributed by atoms with van der Waals surface area (Å²) in [5.74, 6) is -0.405. The van der Waals surface area contributed by atoms with E-state index < -0.39 is 5.82 Å². The van der Waals surface area contributed by atoms with Gasteiger partial charge in [0.25, 0.3) is 0 Å². The maximum atomic E-state index is 13.1. The lowest BCUT2D eigenvalue weighted by atomic mass is 9.97. The van der Waals surface area contributed by atoms with E-state index in [1.54, 1.807) is 0 Å². The van der Waals surface area contributed by atoms with Crippen LogP contribution in [0.15, 0.2) is 12.1 Å². The number of hydrogen-bond acceptors (Lipinski definition) is 2. The third kappa shape index (κ3) is 2.24. The molecule has 1 aliphatic heterocycles. The predicted molar refractivity (Wildman–Crippen MR) is 57.7 cm³/mol. The van der Waals surface area contributed by atoms with Gasteiger partial charge in [-0.2, -0.15) is 0 Å². The van der Waals surface area contributed by atoms with Crippen molar-refractivity contribution in [3.8, 4) is 5.75 Å². The van der Waals surface area contributed by atoms with Crippen LogP contribution in [-0.2, 0) is 0 Å². The summed E-state index contributed by atoms with van der Waals surface area (Å²) in [7, 11) is 0. The number of rotatable bonds is 1. The summed E-state index contributed by atoms with van der Waals surface area (Å²) in [5, 5.41) is 13.1. The van der Waals surface area contributed by atoms with Gasteiger partial charge >= 0.3 is 0 Å². The lowest BCUT2D eigenvalue weighted by molar-refractivity contribution is 0.389. The molecule has 2 nitrogen and oxygen atoms in total. The number of phenolic OH excluding ortho intramolecular Hbond substituents is 1. The summed E-state index contributed by atoms with van der Waals surface area (Å²) in [5.41, 5.74) is 0.569. The van der Waals surface area contributed by atoms with E-state index >= 15 is 0 Å². The van der Waals surface area contributed by atoms with E-state index in [0.29, 0.717) is 5.56 Å². The van der Waals surface area contributed by atoms with Crippen LogP contribution in [0.25, 0.3) is 0 Å². The Morgan fingerprint density at radius 2 is 2.20 bits per heavy atom. The van der Waals surface area contributed by atoms with E-state index in [4.69, 9.17) is 11.6 Å². The van der Waals surface area contributed by atoms with Gasteiger partial charge in [-0.15, -0.1) is 0 Å². The average Bonchev–Trinajstić information content (AvgIpc) is 2.24. The molecule has 1 atom stereocenters. The Balaban J connectivity index is 2.33. The highest BCUT2D eigenvalue weighted by atomic mass is 35.5. The Kier molecular flexibility index (Phi) is 3.12. The molecule has 2 N–H and O–H groups in total. The molecule has 0 aliphatic carbocycles. The van der Waals surface area contributed by atoms with Crippen molar-refractivity contribution < 1.29 is 9.50 Å². The van der Waals surface area contributed by atoms with Gasteiger partial charge in [-0.1, -0.05) is 18.0 Å². The van der Waals surface area contributed by atoms with Gasteiger partial charge in [-0.3, -0.25) is 0 Å². The second-order valence-corrected chi connectivity index (χ2v) is 4.24. The Labute approximate surface area is 93.1 Å². The molecule has 1 fully saturated rings. The van der Waals surface area contributed by atoms with Crippen LogP contribution >= 0.6 is 11.6 Å². The fraction of sp³-hybridized carbons (Fsp3) is 0.455. The first-order chi connectivity index (χ1) is 7.18. The van der Waals surface area contributed by atoms with Gasteiger partial charge in [0.15, 0.2) is 0 Å². The smallest absolute Gasteiger partial charge is 0.139 e. The average molecular weight is 230 g/mol. The molecule has 0 unspecified atom stereocenters. The molecule has 1 aromatic rings. The Hall–Kier alpha value is -0.800. The highest BCUT2D eigenvalue weighted by molar-refractivity contribution is 6.32. The van der Waals surface area contributed by atoms with Gasteiger partial charge in [0.2, 0.25) is 0 Å². The number of aromatic hydroxyl groups is 1. The molecular weight excluding hydrogens is 217 g/mol. The van der Waals surface area contributed by atoms with Crippen molar-refractivity contribution in [3.05, 3.63) is 28.5 Å². The van der Waals surface area contributed by atoms with Gasteiger partial charge in [0.1, 0.15) is 11.6 Å². The molecule has 0 radical (unpaired) electrons. The van der Waals surface area contributed by atoms with Crippen molar-refractivity contribution in [3.63, 3.8) is 0 Å². The first-order valence-electron chi connectivity index (χ1n) is 5.10. The second kappa shape index (κ2) is 4.37. The zero-order valence-electron chi connectivity index (χ0n) is 8.26. The quantitative estimate of drug-likeness (QED) is 0.776. The Morgan fingerprint density at radius 3 is 2.87 bits per heavy atom. The third-order valence-electron chi connectivity index (χ3n) is 2.74. The monoisotopic (exact) mass is 229 g/mol. The highest BCUT2D eigenvalue weighted by Crippen LogP contribution is 2.35. The fourth-order valence-electron chi connectivity index (χ4n) is 1.97. The topological polar surface area (TPSA) is 32.3 Å². The minimum Gasteiger partial charge on any atom is -0.506 e. The predicted octanol–water partition coefficient (Wildman–Crippen LogP) is 3.00. The van der Waals surface area contributed by atoms with E-state index in [2.05, 4.69) is 5.32 Å². The Bertz CT molecular complexity index is 364. The van der Waals surface area contributed by atoms with E-state index in [-0.39, 0.29) is 16.8 Å². The molecule has 0 bridgehead atoms. The zero-order chi connectivity index (χ0) is 10.8. The van der Waals surface area contributed by atoms with Gasteiger partial charge < -0.3 is 10.4 Å². The van der Waals surface area contributed by atoms with Crippen LogP contribution in [-0.4, -0.2) is 11.7 Å². The normalized spacial score (nSPS) is 21.6. The zero-order valence-corrected chi connectivity index (χ0v) is 9.02. The van der Waals surface area contributed by atoms with E-state index in [0.717, 1.165) is 31.9 Å². The molecular formula is C11H13ClFNO. The van der Waals surface area contributed by atoms with Crippen LogP contribution in [0, 0.1) is 5.82 Å². The number of halogens is 2. The second-order valence-electron chi connectivity index (χ2n) is 3.83. The van der Waals surface area contributed by atoms with Crippen LogP contribution in [0.2, 0.25) is 5.02 Å². The van der Waals surface area contributed by atoms with Gasteiger partial charge in [0.05, 0.1) is 5.02 Å². The van der Waals surface area contributed by atoms with E-state index in [1.807, 2.05) is 0 Å². The summed E-state index contributed by atoms with van der Waals surface area (Å²) in [6.07, 6.45) is 3.12. The molecule has 4 heteroatoms. The lowest BCUT2D eigenvalue weighted by Crippen LogP contribution is -2.26. The van der Waals surface area contributed by atoms with Crippen molar-refractivity contribution in [2.45, 2.75) is 25.3 Å². The summed E-state index contributed by atoms with van der Waals surface area (Å²) in [6.45, 7) is 0.901. The third-order valence-corrected chi connectivity index (χ3v) is 3.03. The maximum absolute atomic E-state index is 13.1. The van der Waals surface area contributed by atoms with Crippen molar-refractivity contribution >= 4 is 11.6 Å². The van der Waals surface area contributed by atoms with E-state index in [9.17, 15) is 9.50 Å². The minimum absolute atomic E-state index is 0.00235. The molecule has 0 aromatic heterocycles. The summed E-state index contributed by atoms with van der Waals surface area (Å²) < 4.78 is 13.1. The molecule has 1 heterocycles. The van der Waals surface area contributed by atoms with Gasteiger partial charge in [-0.05, 0) is 31.5 Å². The van der Waals surface area contributed by atoms with Crippen molar-refractivity contribution in [2.24, 2.45) is 0 Å². The lowest BCUT2D eigenvalue weighted by Gasteiger charge is -2.24. The Morgan fingerprint density at radius 1 is 1.40 bits per heavy atom. The first kappa shape index (κ1) is 10.7. The molecule has 15 heavy (non-hydrogen) atoms. The van der Waals surface area contributed by atoms with Gasteiger partial charge in [-0.25, -0.2) is 4.39 Å². The SMILES string of the molecule is Oc1c(Cl)cc(F)cc1[C@@H]1CCCCN1. The molecule has 2 rings (SSSR count). The molecule has 1 saturated heterocycles. The van der Waals surface area contributed by atoms with Crippen LogP contribution in [0.3, 0.4) is 0 Å². The molecule has 0 amide bonds. The molecule has 0 saturated carbocycles. The number of nitrogens with one attached hydrogen (secondary N) is 1. The van der Waals surface area contributed by atoms with Crippen LogP contribution in [0.1, 0.15) is 30.9 Å². The molecule has 1 aromatic carbocycles. The van der Waals surface area contributed by atoms with Gasteiger partial charge in [0, 0.05) is 11.6 Å². The summed E-state index contributed by atoms with van der Waals surface area (Å²) in [4.78, 5) is 0. The van der Waals surface area contributed by atoms with Crippen molar-refractivity contribution in [1.82, 2.24) is 5.32 Å². The van der Waals surface area contributed by atoms with Crippen molar-refractivity contribution in [2.75, 3.05) is 6.54 Å². The largest absolute Gasteiger partial charge is 0.506 e. The minimum atomic E-state index is -0.403. The summed E-state index contributed by atoms with van der Waals surface area (Å²) in [6, 6.07) is 2.50. The molecule has 0 spiro atoms. The van der Waals surface area contributed by atoms with E-state index in [1.165, 1.54) is 6.07 Å². The number of phenols is 1. The number of hydrogen-bond donors (Lipinski definition) is 2.